The van der Waals surface area contributed by atoms with Crippen molar-refractivity contribution in [1.82, 2.24) is 5.43 Å². The van der Waals surface area contributed by atoms with E-state index in [1.165, 1.54) is 11.6 Å². The molecule has 1 aliphatic rings. The van der Waals surface area contributed by atoms with Crippen LogP contribution in [0.25, 0.3) is 0 Å². The third-order valence-corrected chi connectivity index (χ3v) is 5.35. The first-order valence-electron chi connectivity index (χ1n) is 7.12. The van der Waals surface area contributed by atoms with Crippen LogP contribution in [0, 0.1) is 5.82 Å². The van der Waals surface area contributed by atoms with Gasteiger partial charge in [-0.25, -0.2) is 4.39 Å². The van der Waals surface area contributed by atoms with Gasteiger partial charge in [0.1, 0.15) is 5.82 Å². The van der Waals surface area contributed by atoms with E-state index < -0.39 is 0 Å². The van der Waals surface area contributed by atoms with Crippen molar-refractivity contribution >= 4 is 15.9 Å². The molecule has 0 bridgehead atoms. The summed E-state index contributed by atoms with van der Waals surface area (Å²) in [5.74, 6) is 5.58. The van der Waals surface area contributed by atoms with Gasteiger partial charge in [0.05, 0.1) is 4.47 Å². The molecule has 0 aliphatic heterocycles. The van der Waals surface area contributed by atoms with Gasteiger partial charge in [0.2, 0.25) is 0 Å². The Labute approximate surface area is 132 Å². The summed E-state index contributed by atoms with van der Waals surface area (Å²) in [7, 11) is 0. The monoisotopic (exact) mass is 348 g/mol. The molecule has 0 amide bonds. The predicted molar refractivity (Wildman–Crippen MR) is 86.3 cm³/mol. The topological polar surface area (TPSA) is 38.0 Å². The first-order valence-corrected chi connectivity index (χ1v) is 7.91. The first-order chi connectivity index (χ1) is 10.2. The molecule has 0 spiro atoms. The molecule has 3 N–H and O–H groups in total. The van der Waals surface area contributed by atoms with Gasteiger partial charge in [-0.05, 0) is 52.4 Å². The Morgan fingerprint density at radius 1 is 1.14 bits per heavy atom. The summed E-state index contributed by atoms with van der Waals surface area (Å²) >= 11 is 3.34. The Kier molecular flexibility index (Phi) is 4.11. The summed E-state index contributed by atoms with van der Waals surface area (Å²) in [5, 5.41) is 0. The van der Waals surface area contributed by atoms with E-state index in [1.807, 2.05) is 12.1 Å². The number of nitrogens with one attached hydrogen (secondary N) is 1. The van der Waals surface area contributed by atoms with Crippen LogP contribution in [0.15, 0.2) is 53.0 Å². The molecule has 1 saturated carbocycles. The quantitative estimate of drug-likeness (QED) is 0.638. The second kappa shape index (κ2) is 5.87. The smallest absolute Gasteiger partial charge is 0.137 e. The molecule has 0 radical (unpaired) electrons. The van der Waals surface area contributed by atoms with Gasteiger partial charge in [-0.1, -0.05) is 42.5 Å². The van der Waals surface area contributed by atoms with Crippen molar-refractivity contribution in [3.05, 3.63) is 69.9 Å². The average molecular weight is 349 g/mol. The number of halogens is 2. The molecule has 0 heterocycles. The van der Waals surface area contributed by atoms with E-state index in [4.69, 9.17) is 5.84 Å². The van der Waals surface area contributed by atoms with E-state index in [-0.39, 0.29) is 17.3 Å². The van der Waals surface area contributed by atoms with Gasteiger partial charge >= 0.3 is 0 Å². The fourth-order valence-corrected chi connectivity index (χ4v) is 3.51. The van der Waals surface area contributed by atoms with Crippen LogP contribution in [0.3, 0.4) is 0 Å². The van der Waals surface area contributed by atoms with Crippen LogP contribution in [-0.4, -0.2) is 6.04 Å². The van der Waals surface area contributed by atoms with E-state index in [1.54, 1.807) is 6.07 Å². The van der Waals surface area contributed by atoms with Gasteiger partial charge in [-0.15, -0.1) is 0 Å². The van der Waals surface area contributed by atoms with Crippen molar-refractivity contribution in [3.63, 3.8) is 0 Å². The Morgan fingerprint density at radius 2 is 1.86 bits per heavy atom. The minimum atomic E-state index is -0.229. The lowest BCUT2D eigenvalue weighted by molar-refractivity contribution is 0.419. The van der Waals surface area contributed by atoms with Crippen molar-refractivity contribution in [2.24, 2.45) is 5.84 Å². The highest BCUT2D eigenvalue weighted by molar-refractivity contribution is 9.10. The molecule has 3 rings (SSSR count). The molecular weight excluding hydrogens is 331 g/mol. The van der Waals surface area contributed by atoms with Crippen LogP contribution in [0.5, 0.6) is 0 Å². The number of hydrazine groups is 1. The van der Waals surface area contributed by atoms with Crippen LogP contribution in [0.4, 0.5) is 4.39 Å². The van der Waals surface area contributed by atoms with Gasteiger partial charge in [0.25, 0.3) is 0 Å². The van der Waals surface area contributed by atoms with E-state index in [9.17, 15) is 4.39 Å². The van der Waals surface area contributed by atoms with Crippen LogP contribution in [0.2, 0.25) is 0 Å². The van der Waals surface area contributed by atoms with Crippen LogP contribution < -0.4 is 11.3 Å². The zero-order valence-corrected chi connectivity index (χ0v) is 13.2. The number of rotatable bonds is 5. The number of hydrogen-bond acceptors (Lipinski definition) is 2. The van der Waals surface area contributed by atoms with E-state index >= 15 is 0 Å². The lowest BCUT2D eigenvalue weighted by Crippen LogP contribution is -2.45. The summed E-state index contributed by atoms with van der Waals surface area (Å²) in [6.07, 6.45) is 2.92. The Bertz CT molecular complexity index is 626. The predicted octanol–water partition coefficient (Wildman–Crippen LogP) is 3.69. The van der Waals surface area contributed by atoms with Gasteiger partial charge in [-0.2, -0.15) is 0 Å². The highest BCUT2D eigenvalue weighted by atomic mass is 79.9. The fourth-order valence-electron chi connectivity index (χ4n) is 3.08. The molecule has 2 aromatic carbocycles. The maximum Gasteiger partial charge on any atom is 0.137 e. The molecular formula is C17H18BrFN2. The third kappa shape index (κ3) is 2.76. The fraction of sp³-hybridized carbons (Fsp3) is 0.294. The van der Waals surface area contributed by atoms with Gasteiger partial charge in [0, 0.05) is 11.5 Å². The Balaban J connectivity index is 1.88. The molecule has 4 heteroatoms. The highest BCUT2D eigenvalue weighted by Gasteiger charge is 2.50. The van der Waals surface area contributed by atoms with Crippen LogP contribution >= 0.6 is 15.9 Å². The summed E-state index contributed by atoms with van der Waals surface area (Å²) in [6, 6.07) is 15.7. The van der Waals surface area contributed by atoms with Gasteiger partial charge < -0.3 is 0 Å². The molecule has 1 unspecified atom stereocenters. The second-order valence-electron chi connectivity index (χ2n) is 5.66. The van der Waals surface area contributed by atoms with E-state index in [0.717, 1.165) is 18.4 Å². The van der Waals surface area contributed by atoms with Gasteiger partial charge in [0.15, 0.2) is 0 Å². The molecule has 2 nitrogen and oxygen atoms in total. The standard InChI is InChI=1S/C17H18BrFN2/c18-16-12(5-4-8-14(16)19)11-15(21-20)17(9-10-17)13-6-2-1-3-7-13/h1-8,15,21H,9-11,20H2. The number of hydrogen-bond donors (Lipinski definition) is 2. The SMILES string of the molecule is NNC(Cc1cccc(F)c1Br)C1(c2ccccc2)CC1. The van der Waals surface area contributed by atoms with Crippen molar-refractivity contribution in [1.29, 1.82) is 0 Å². The van der Waals surface area contributed by atoms with Crippen molar-refractivity contribution in [2.45, 2.75) is 30.7 Å². The average Bonchev–Trinajstić information content (AvgIpc) is 3.31. The largest absolute Gasteiger partial charge is 0.271 e. The molecule has 2 aromatic rings. The minimum absolute atomic E-state index is 0.0712. The summed E-state index contributed by atoms with van der Waals surface area (Å²) in [6.45, 7) is 0. The van der Waals surface area contributed by atoms with Crippen molar-refractivity contribution in [3.8, 4) is 0 Å². The zero-order valence-electron chi connectivity index (χ0n) is 11.7. The Morgan fingerprint density at radius 3 is 2.48 bits per heavy atom. The minimum Gasteiger partial charge on any atom is -0.271 e. The van der Waals surface area contributed by atoms with E-state index in [2.05, 4.69) is 45.6 Å². The molecule has 0 aromatic heterocycles. The van der Waals surface area contributed by atoms with Crippen LogP contribution in [0.1, 0.15) is 24.0 Å². The molecule has 21 heavy (non-hydrogen) atoms. The first kappa shape index (κ1) is 14.7. The molecule has 110 valence electrons. The van der Waals surface area contributed by atoms with Crippen LogP contribution in [-0.2, 0) is 11.8 Å². The summed E-state index contributed by atoms with van der Waals surface area (Å²) < 4.78 is 14.2. The number of nitrogens with two attached hydrogens (primary N) is 1. The van der Waals surface area contributed by atoms with Crippen molar-refractivity contribution < 1.29 is 4.39 Å². The maximum atomic E-state index is 13.7. The maximum absolute atomic E-state index is 13.7. The zero-order chi connectivity index (χ0) is 14.9. The number of benzene rings is 2. The molecule has 1 aliphatic carbocycles. The normalized spacial score (nSPS) is 17.5. The second-order valence-corrected chi connectivity index (χ2v) is 6.45. The Hall–Kier alpha value is -1.23. The molecule has 1 atom stereocenters. The molecule has 1 fully saturated rings. The van der Waals surface area contributed by atoms with Crippen molar-refractivity contribution in [2.75, 3.05) is 0 Å². The highest BCUT2D eigenvalue weighted by Crippen LogP contribution is 2.51. The molecule has 0 saturated heterocycles. The lowest BCUT2D eigenvalue weighted by atomic mass is 9.85. The van der Waals surface area contributed by atoms with Gasteiger partial charge in [-0.3, -0.25) is 11.3 Å². The summed E-state index contributed by atoms with van der Waals surface area (Å²) in [5.41, 5.74) is 5.28. The lowest BCUT2D eigenvalue weighted by Gasteiger charge is -2.27. The third-order valence-electron chi connectivity index (χ3n) is 4.46. The van der Waals surface area contributed by atoms with E-state index in [0.29, 0.717) is 10.9 Å². The summed E-state index contributed by atoms with van der Waals surface area (Å²) in [4.78, 5) is 0.